The summed E-state index contributed by atoms with van der Waals surface area (Å²) in [5.74, 6) is 0.0761. The Morgan fingerprint density at radius 1 is 1.47 bits per heavy atom. The highest BCUT2D eigenvalue weighted by atomic mass is 16.2. The normalized spacial score (nSPS) is 26.7. The lowest BCUT2D eigenvalue weighted by atomic mass is 9.97. The molecule has 2 rings (SSSR count). The standard InChI is InChI=1S/C11H17N3O/c1-8-4-3-5-9(2)14(8)11(15)10-6-7-12-13-10/h6-9H,3-5H2,1-2H3,(H,12,13). The summed E-state index contributed by atoms with van der Waals surface area (Å²) in [5.41, 5.74) is 0.593. The molecule has 2 unspecified atom stereocenters. The van der Waals surface area contributed by atoms with E-state index in [1.807, 2.05) is 4.90 Å². The average molecular weight is 207 g/mol. The molecular weight excluding hydrogens is 190 g/mol. The maximum Gasteiger partial charge on any atom is 0.272 e. The van der Waals surface area contributed by atoms with E-state index in [0.717, 1.165) is 12.8 Å². The monoisotopic (exact) mass is 207 g/mol. The largest absolute Gasteiger partial charge is 0.332 e. The molecule has 0 aromatic carbocycles. The van der Waals surface area contributed by atoms with Gasteiger partial charge in [-0.15, -0.1) is 0 Å². The van der Waals surface area contributed by atoms with E-state index >= 15 is 0 Å². The van der Waals surface area contributed by atoms with Crippen LogP contribution in [0.15, 0.2) is 12.3 Å². The van der Waals surface area contributed by atoms with Crippen molar-refractivity contribution in [2.75, 3.05) is 0 Å². The zero-order valence-electron chi connectivity index (χ0n) is 9.23. The molecule has 0 saturated carbocycles. The van der Waals surface area contributed by atoms with Crippen molar-refractivity contribution >= 4 is 5.91 Å². The molecule has 0 aliphatic carbocycles. The van der Waals surface area contributed by atoms with E-state index in [1.165, 1.54) is 6.42 Å². The van der Waals surface area contributed by atoms with Crippen LogP contribution in [0.3, 0.4) is 0 Å². The fourth-order valence-corrected chi connectivity index (χ4v) is 2.34. The summed E-state index contributed by atoms with van der Waals surface area (Å²) in [7, 11) is 0. The van der Waals surface area contributed by atoms with E-state index in [4.69, 9.17) is 0 Å². The molecule has 1 fully saturated rings. The van der Waals surface area contributed by atoms with Gasteiger partial charge in [0.25, 0.3) is 5.91 Å². The fourth-order valence-electron chi connectivity index (χ4n) is 2.34. The molecule has 1 saturated heterocycles. The number of carbonyl (C=O) groups excluding carboxylic acids is 1. The Morgan fingerprint density at radius 2 is 2.13 bits per heavy atom. The number of H-pyrrole nitrogens is 1. The van der Waals surface area contributed by atoms with Gasteiger partial charge in [0.1, 0.15) is 5.69 Å². The number of rotatable bonds is 1. The number of carbonyl (C=O) groups is 1. The average Bonchev–Trinajstić information content (AvgIpc) is 2.69. The van der Waals surface area contributed by atoms with Gasteiger partial charge in [0, 0.05) is 18.3 Å². The lowest BCUT2D eigenvalue weighted by Crippen LogP contribution is -2.47. The molecule has 2 heterocycles. The van der Waals surface area contributed by atoms with Gasteiger partial charge in [0.15, 0.2) is 0 Å². The molecule has 1 aromatic rings. The molecule has 1 aliphatic rings. The number of hydrogen-bond donors (Lipinski definition) is 1. The quantitative estimate of drug-likeness (QED) is 0.763. The van der Waals surface area contributed by atoms with Crippen LogP contribution < -0.4 is 0 Å². The zero-order chi connectivity index (χ0) is 10.8. The molecule has 2 atom stereocenters. The highest BCUT2D eigenvalue weighted by Crippen LogP contribution is 2.23. The van der Waals surface area contributed by atoms with Crippen LogP contribution in [0.5, 0.6) is 0 Å². The molecule has 1 aliphatic heterocycles. The first-order valence-electron chi connectivity index (χ1n) is 5.52. The molecule has 15 heavy (non-hydrogen) atoms. The molecule has 82 valence electrons. The van der Waals surface area contributed by atoms with Gasteiger partial charge >= 0.3 is 0 Å². The van der Waals surface area contributed by atoms with Gasteiger partial charge in [0.05, 0.1) is 0 Å². The smallest absolute Gasteiger partial charge is 0.272 e. The minimum Gasteiger partial charge on any atom is -0.332 e. The molecule has 0 spiro atoms. The third-order valence-electron chi connectivity index (χ3n) is 3.16. The Labute approximate surface area is 89.7 Å². The molecule has 4 nitrogen and oxygen atoms in total. The SMILES string of the molecule is CC1CCCC(C)N1C(=O)c1ccn[nH]1. The van der Waals surface area contributed by atoms with Crippen molar-refractivity contribution in [3.8, 4) is 0 Å². The van der Waals surface area contributed by atoms with Crippen molar-refractivity contribution in [1.29, 1.82) is 0 Å². The summed E-state index contributed by atoms with van der Waals surface area (Å²) in [6.07, 6.45) is 5.04. The third kappa shape index (κ3) is 1.89. The Bertz CT molecular complexity index is 324. The van der Waals surface area contributed by atoms with Crippen molar-refractivity contribution in [2.24, 2.45) is 0 Å². The van der Waals surface area contributed by atoms with Gasteiger partial charge in [-0.1, -0.05) is 0 Å². The lowest BCUT2D eigenvalue weighted by molar-refractivity contribution is 0.0504. The van der Waals surface area contributed by atoms with Crippen molar-refractivity contribution < 1.29 is 4.79 Å². The summed E-state index contributed by atoms with van der Waals surface area (Å²) in [5, 5.41) is 6.55. The first-order chi connectivity index (χ1) is 7.20. The Hall–Kier alpha value is -1.32. The predicted octanol–water partition coefficient (Wildman–Crippen LogP) is 1.81. The van der Waals surface area contributed by atoms with E-state index in [-0.39, 0.29) is 5.91 Å². The van der Waals surface area contributed by atoms with E-state index in [9.17, 15) is 4.79 Å². The van der Waals surface area contributed by atoms with Crippen LogP contribution >= 0.6 is 0 Å². The lowest BCUT2D eigenvalue weighted by Gasteiger charge is -2.38. The number of hydrogen-bond acceptors (Lipinski definition) is 2. The predicted molar refractivity (Wildman–Crippen MR) is 57.5 cm³/mol. The van der Waals surface area contributed by atoms with Crippen LogP contribution in [0.4, 0.5) is 0 Å². The van der Waals surface area contributed by atoms with Crippen molar-refractivity contribution in [3.63, 3.8) is 0 Å². The second-order valence-corrected chi connectivity index (χ2v) is 4.31. The highest BCUT2D eigenvalue weighted by molar-refractivity contribution is 5.92. The minimum absolute atomic E-state index is 0.0761. The van der Waals surface area contributed by atoms with Crippen LogP contribution in [0.2, 0.25) is 0 Å². The second-order valence-electron chi connectivity index (χ2n) is 4.31. The van der Waals surface area contributed by atoms with E-state index in [0.29, 0.717) is 17.8 Å². The van der Waals surface area contributed by atoms with Crippen LogP contribution in [0.1, 0.15) is 43.6 Å². The fraction of sp³-hybridized carbons (Fsp3) is 0.636. The number of aromatic nitrogens is 2. The summed E-state index contributed by atoms with van der Waals surface area (Å²) in [6, 6.07) is 2.41. The number of likely N-dealkylation sites (tertiary alicyclic amines) is 1. The third-order valence-corrected chi connectivity index (χ3v) is 3.16. The zero-order valence-corrected chi connectivity index (χ0v) is 9.23. The van der Waals surface area contributed by atoms with Gasteiger partial charge in [-0.25, -0.2) is 0 Å². The van der Waals surface area contributed by atoms with Crippen molar-refractivity contribution in [2.45, 2.75) is 45.2 Å². The van der Waals surface area contributed by atoms with Crippen molar-refractivity contribution in [3.05, 3.63) is 18.0 Å². The molecule has 0 bridgehead atoms. The van der Waals surface area contributed by atoms with Crippen LogP contribution in [0.25, 0.3) is 0 Å². The van der Waals surface area contributed by atoms with Crippen molar-refractivity contribution in [1.82, 2.24) is 15.1 Å². The number of nitrogens with one attached hydrogen (secondary N) is 1. The number of aromatic amines is 1. The van der Waals surface area contributed by atoms with E-state index < -0.39 is 0 Å². The summed E-state index contributed by atoms with van der Waals surface area (Å²) in [4.78, 5) is 14.1. The molecule has 1 N–H and O–H groups in total. The second kappa shape index (κ2) is 4.04. The molecule has 0 radical (unpaired) electrons. The molecule has 1 amide bonds. The summed E-state index contributed by atoms with van der Waals surface area (Å²) >= 11 is 0. The Morgan fingerprint density at radius 3 is 2.67 bits per heavy atom. The van der Waals surface area contributed by atoms with Gasteiger partial charge in [0.2, 0.25) is 0 Å². The van der Waals surface area contributed by atoms with Gasteiger partial charge in [-0.05, 0) is 39.2 Å². The first-order valence-corrected chi connectivity index (χ1v) is 5.52. The number of nitrogens with zero attached hydrogens (tertiary/aromatic N) is 2. The van der Waals surface area contributed by atoms with Gasteiger partial charge < -0.3 is 4.90 Å². The summed E-state index contributed by atoms with van der Waals surface area (Å²) in [6.45, 7) is 4.23. The summed E-state index contributed by atoms with van der Waals surface area (Å²) < 4.78 is 0. The van der Waals surface area contributed by atoms with Gasteiger partial charge in [-0.3, -0.25) is 9.89 Å². The first kappa shape index (κ1) is 10.2. The number of piperidine rings is 1. The van der Waals surface area contributed by atoms with E-state index in [1.54, 1.807) is 12.3 Å². The maximum atomic E-state index is 12.1. The number of amides is 1. The Balaban J connectivity index is 2.17. The van der Waals surface area contributed by atoms with Gasteiger partial charge in [-0.2, -0.15) is 5.10 Å². The maximum absolute atomic E-state index is 12.1. The minimum atomic E-state index is 0.0761. The Kier molecular flexibility index (Phi) is 2.75. The molecule has 4 heteroatoms. The molecule has 1 aromatic heterocycles. The van der Waals surface area contributed by atoms with Crippen LogP contribution in [-0.2, 0) is 0 Å². The topological polar surface area (TPSA) is 49.0 Å². The molecular formula is C11H17N3O. The van der Waals surface area contributed by atoms with Crippen LogP contribution in [0, 0.1) is 0 Å². The highest BCUT2D eigenvalue weighted by Gasteiger charge is 2.29. The van der Waals surface area contributed by atoms with E-state index in [2.05, 4.69) is 24.0 Å². The van der Waals surface area contributed by atoms with Crippen LogP contribution in [-0.4, -0.2) is 33.1 Å².